The molecule has 6 heteroatoms. The molecule has 84 valence electrons. The third kappa shape index (κ3) is 1.91. The van der Waals surface area contributed by atoms with Crippen LogP contribution in [0.25, 0.3) is 5.65 Å². The van der Waals surface area contributed by atoms with Gasteiger partial charge < -0.3 is 10.8 Å². The van der Waals surface area contributed by atoms with Gasteiger partial charge in [0, 0.05) is 6.20 Å². The first kappa shape index (κ1) is 11.9. The van der Waals surface area contributed by atoms with E-state index in [1.807, 2.05) is 0 Å². The molecule has 2 heterocycles. The van der Waals surface area contributed by atoms with E-state index in [0.717, 1.165) is 0 Å². The number of aldehydes is 1. The van der Waals surface area contributed by atoms with Gasteiger partial charge in [0.1, 0.15) is 5.65 Å². The lowest BCUT2D eigenvalue weighted by Gasteiger charge is -1.97. The number of carboxylic acid groups (broad SMARTS) is 1. The highest BCUT2D eigenvalue weighted by Crippen LogP contribution is 2.10. The number of hydrogen-bond donors (Lipinski definition) is 2. The maximum Gasteiger partial charge on any atom is 0.354 e. The van der Waals surface area contributed by atoms with Crippen LogP contribution < -0.4 is 5.73 Å². The highest BCUT2D eigenvalue weighted by Gasteiger charge is 2.11. The first-order valence-electron chi connectivity index (χ1n) is 4.46. The van der Waals surface area contributed by atoms with Gasteiger partial charge in [-0.1, -0.05) is 0 Å². The van der Waals surface area contributed by atoms with Crippen molar-refractivity contribution in [1.82, 2.24) is 9.38 Å². The fourth-order valence-electron chi connectivity index (χ4n) is 1.28. The minimum Gasteiger partial charge on any atom is -0.477 e. The van der Waals surface area contributed by atoms with Crippen LogP contribution in [-0.2, 0) is 0 Å². The number of pyridine rings is 1. The number of imidazole rings is 1. The van der Waals surface area contributed by atoms with Crippen LogP contribution in [0.5, 0.6) is 0 Å². The molecule has 16 heavy (non-hydrogen) atoms. The van der Waals surface area contributed by atoms with Gasteiger partial charge in [-0.3, -0.25) is 9.20 Å². The third-order valence-electron chi connectivity index (χ3n) is 1.91. The average molecular weight is 221 g/mol. The Labute approximate surface area is 91.3 Å². The average Bonchev–Trinajstić information content (AvgIpc) is 2.75. The predicted octanol–water partition coefficient (Wildman–Crippen LogP) is 0.420. The quantitative estimate of drug-likeness (QED) is 0.716. The summed E-state index contributed by atoms with van der Waals surface area (Å²) in [6, 6.07) is 3.19. The first-order valence-corrected chi connectivity index (χ1v) is 4.46. The van der Waals surface area contributed by atoms with Crippen molar-refractivity contribution in [2.75, 3.05) is 7.05 Å². The fourth-order valence-corrected chi connectivity index (χ4v) is 1.28. The van der Waals surface area contributed by atoms with Gasteiger partial charge in [-0.15, -0.1) is 0 Å². The van der Waals surface area contributed by atoms with Gasteiger partial charge in [0.25, 0.3) is 0 Å². The minimum atomic E-state index is -1.07. The molecule has 0 spiro atoms. The molecule has 0 atom stereocenters. The van der Waals surface area contributed by atoms with Crippen LogP contribution >= 0.6 is 0 Å². The van der Waals surface area contributed by atoms with Crippen LogP contribution in [0.15, 0.2) is 24.5 Å². The Balaban J connectivity index is 0.000000606. The van der Waals surface area contributed by atoms with E-state index in [-0.39, 0.29) is 5.69 Å². The van der Waals surface area contributed by atoms with E-state index in [4.69, 9.17) is 5.11 Å². The monoisotopic (exact) mass is 221 g/mol. The normalized spacial score (nSPS) is 9.38. The van der Waals surface area contributed by atoms with Crippen molar-refractivity contribution in [1.29, 1.82) is 0 Å². The Hall–Kier alpha value is -2.21. The molecule has 6 nitrogen and oxygen atoms in total. The SMILES string of the molecule is CN.O=Cc1cccn2c(C(=O)O)cnc12. The fraction of sp³-hybridized carbons (Fsp3) is 0.100. The van der Waals surface area contributed by atoms with Crippen molar-refractivity contribution >= 4 is 17.9 Å². The summed E-state index contributed by atoms with van der Waals surface area (Å²) in [6.45, 7) is 0. The molecule has 0 amide bonds. The molecule has 2 rings (SSSR count). The summed E-state index contributed by atoms with van der Waals surface area (Å²) in [4.78, 5) is 25.2. The Morgan fingerprint density at radius 3 is 2.81 bits per heavy atom. The van der Waals surface area contributed by atoms with Crippen LogP contribution in [0.4, 0.5) is 0 Å². The van der Waals surface area contributed by atoms with Gasteiger partial charge in [0.2, 0.25) is 0 Å². The zero-order valence-corrected chi connectivity index (χ0v) is 8.62. The zero-order chi connectivity index (χ0) is 12.1. The molecule has 3 N–H and O–H groups in total. The van der Waals surface area contributed by atoms with E-state index in [2.05, 4.69) is 10.7 Å². The second kappa shape index (κ2) is 5.04. The Morgan fingerprint density at radius 1 is 1.56 bits per heavy atom. The number of fused-ring (bicyclic) bond motifs is 1. The summed E-state index contributed by atoms with van der Waals surface area (Å²) in [5, 5.41) is 8.79. The lowest BCUT2D eigenvalue weighted by Crippen LogP contribution is -2.01. The summed E-state index contributed by atoms with van der Waals surface area (Å²) in [6.07, 6.45) is 3.43. The van der Waals surface area contributed by atoms with E-state index in [0.29, 0.717) is 17.5 Å². The van der Waals surface area contributed by atoms with Gasteiger partial charge in [-0.2, -0.15) is 0 Å². The highest BCUT2D eigenvalue weighted by molar-refractivity contribution is 5.89. The largest absolute Gasteiger partial charge is 0.477 e. The maximum atomic E-state index is 10.7. The minimum absolute atomic E-state index is 0.0451. The van der Waals surface area contributed by atoms with E-state index in [1.54, 1.807) is 18.3 Å². The maximum absolute atomic E-state index is 10.7. The lowest BCUT2D eigenvalue weighted by molar-refractivity contribution is 0.0689. The summed E-state index contributed by atoms with van der Waals surface area (Å²) in [7, 11) is 1.50. The number of carbonyl (C=O) groups excluding carboxylic acids is 1. The number of carbonyl (C=O) groups is 2. The van der Waals surface area contributed by atoms with Crippen LogP contribution in [-0.4, -0.2) is 33.8 Å². The lowest BCUT2D eigenvalue weighted by atomic mass is 10.3. The second-order valence-electron chi connectivity index (χ2n) is 2.72. The summed E-state index contributed by atoms with van der Waals surface area (Å²) in [5.41, 5.74) is 5.28. The first-order chi connectivity index (χ1) is 7.74. The Kier molecular flexibility index (Phi) is 3.73. The third-order valence-corrected chi connectivity index (χ3v) is 1.91. The molecule has 0 aliphatic carbocycles. The van der Waals surface area contributed by atoms with Gasteiger partial charge >= 0.3 is 5.97 Å². The van der Waals surface area contributed by atoms with Gasteiger partial charge in [-0.25, -0.2) is 9.78 Å². The number of nitrogens with zero attached hydrogens (tertiary/aromatic N) is 2. The van der Waals surface area contributed by atoms with Crippen molar-refractivity contribution in [2.24, 2.45) is 5.73 Å². The number of rotatable bonds is 2. The van der Waals surface area contributed by atoms with Gasteiger partial charge in [0.15, 0.2) is 12.0 Å². The summed E-state index contributed by atoms with van der Waals surface area (Å²) < 4.78 is 1.37. The van der Waals surface area contributed by atoms with Crippen molar-refractivity contribution in [3.63, 3.8) is 0 Å². The smallest absolute Gasteiger partial charge is 0.354 e. The van der Waals surface area contributed by atoms with Gasteiger partial charge in [0.05, 0.1) is 11.8 Å². The molecule has 0 fully saturated rings. The molecule has 0 aromatic carbocycles. The molecule has 0 aliphatic heterocycles. The number of hydrogen-bond acceptors (Lipinski definition) is 4. The summed E-state index contributed by atoms with van der Waals surface area (Å²) >= 11 is 0. The Bertz CT molecular complexity index is 519. The van der Waals surface area contributed by atoms with E-state index < -0.39 is 5.97 Å². The van der Waals surface area contributed by atoms with Crippen molar-refractivity contribution < 1.29 is 14.7 Å². The van der Waals surface area contributed by atoms with Crippen LogP contribution in [0.2, 0.25) is 0 Å². The van der Waals surface area contributed by atoms with Crippen molar-refractivity contribution in [3.8, 4) is 0 Å². The number of aromatic carboxylic acids is 1. The molecule has 2 aromatic rings. The number of nitrogens with two attached hydrogens (primary N) is 1. The molecule has 0 bridgehead atoms. The van der Waals surface area contributed by atoms with Gasteiger partial charge in [-0.05, 0) is 19.2 Å². The van der Waals surface area contributed by atoms with Crippen LogP contribution in [0.3, 0.4) is 0 Å². The number of aromatic nitrogens is 2. The molecule has 0 radical (unpaired) electrons. The molecule has 2 aromatic heterocycles. The topological polar surface area (TPSA) is 97.7 Å². The molecular weight excluding hydrogens is 210 g/mol. The van der Waals surface area contributed by atoms with Crippen molar-refractivity contribution in [2.45, 2.75) is 0 Å². The van der Waals surface area contributed by atoms with Crippen LogP contribution in [0, 0.1) is 0 Å². The van der Waals surface area contributed by atoms with E-state index >= 15 is 0 Å². The van der Waals surface area contributed by atoms with Crippen molar-refractivity contribution in [3.05, 3.63) is 35.8 Å². The second-order valence-corrected chi connectivity index (χ2v) is 2.72. The Morgan fingerprint density at radius 2 is 2.25 bits per heavy atom. The number of carboxylic acids is 1. The van der Waals surface area contributed by atoms with E-state index in [9.17, 15) is 9.59 Å². The van der Waals surface area contributed by atoms with E-state index in [1.165, 1.54) is 17.6 Å². The molecule has 0 saturated carbocycles. The highest BCUT2D eigenvalue weighted by atomic mass is 16.4. The van der Waals surface area contributed by atoms with Crippen LogP contribution in [0.1, 0.15) is 20.8 Å². The molecule has 0 aliphatic rings. The molecular formula is C10H11N3O3. The summed E-state index contributed by atoms with van der Waals surface area (Å²) in [5.74, 6) is -1.07. The standard InChI is InChI=1S/C9H6N2O3.CH5N/c12-5-6-2-1-3-11-7(9(13)14)4-10-8(6)11;1-2/h1-5H,(H,13,14);2H2,1H3. The predicted molar refractivity (Wildman–Crippen MR) is 57.7 cm³/mol. The molecule has 0 saturated heterocycles. The zero-order valence-electron chi connectivity index (χ0n) is 8.62. The molecule has 0 unspecified atom stereocenters.